The Morgan fingerprint density at radius 2 is 1.94 bits per heavy atom. The van der Waals surface area contributed by atoms with Gasteiger partial charge in [0.05, 0.1) is 15.9 Å². The monoisotopic (exact) mass is 260 g/mol. The summed E-state index contributed by atoms with van der Waals surface area (Å²) in [7, 11) is 0. The maximum atomic E-state index is 5.98. The molecule has 0 saturated carbocycles. The van der Waals surface area contributed by atoms with Gasteiger partial charge in [0.25, 0.3) is 0 Å². The number of rotatable bonds is 1. The lowest BCUT2D eigenvalue weighted by molar-refractivity contribution is 1.48. The zero-order chi connectivity index (χ0) is 11.8. The van der Waals surface area contributed by atoms with Gasteiger partial charge in [0.1, 0.15) is 5.01 Å². The van der Waals surface area contributed by atoms with E-state index in [4.69, 9.17) is 17.3 Å². The number of anilines is 1. The Balaban J connectivity index is 2.22. The molecule has 0 aliphatic heterocycles. The minimum absolute atomic E-state index is 0.717. The summed E-state index contributed by atoms with van der Waals surface area (Å²) in [6.07, 6.45) is 0. The highest BCUT2D eigenvalue weighted by Gasteiger charge is 2.08. The van der Waals surface area contributed by atoms with Gasteiger partial charge >= 0.3 is 0 Å². The highest BCUT2D eigenvalue weighted by atomic mass is 35.5. The van der Waals surface area contributed by atoms with Crippen molar-refractivity contribution in [3.05, 3.63) is 47.5 Å². The second-order valence-corrected chi connectivity index (χ2v) is 5.16. The summed E-state index contributed by atoms with van der Waals surface area (Å²) < 4.78 is 1.03. The lowest BCUT2D eigenvalue weighted by Crippen LogP contribution is -1.82. The Hall–Kier alpha value is -1.58. The third-order valence-electron chi connectivity index (χ3n) is 2.52. The molecule has 3 rings (SSSR count). The predicted octanol–water partition coefficient (Wildman–Crippen LogP) is 4.20. The average molecular weight is 261 g/mol. The highest BCUT2D eigenvalue weighted by molar-refractivity contribution is 7.22. The third kappa shape index (κ3) is 1.88. The summed E-state index contributed by atoms with van der Waals surface area (Å²) in [6, 6.07) is 13.5. The van der Waals surface area contributed by atoms with E-state index in [1.165, 1.54) is 0 Å². The molecule has 1 aromatic heterocycles. The average Bonchev–Trinajstić information content (AvgIpc) is 2.74. The van der Waals surface area contributed by atoms with E-state index >= 15 is 0 Å². The van der Waals surface area contributed by atoms with E-state index in [2.05, 4.69) is 4.98 Å². The van der Waals surface area contributed by atoms with Crippen LogP contribution in [-0.2, 0) is 0 Å². The first-order valence-corrected chi connectivity index (χ1v) is 6.34. The normalized spacial score (nSPS) is 10.9. The molecule has 84 valence electrons. The van der Waals surface area contributed by atoms with E-state index in [1.54, 1.807) is 11.3 Å². The Morgan fingerprint density at radius 3 is 2.71 bits per heavy atom. The van der Waals surface area contributed by atoms with Gasteiger partial charge in [-0.2, -0.15) is 0 Å². The molecule has 0 radical (unpaired) electrons. The van der Waals surface area contributed by atoms with Crippen molar-refractivity contribution >= 4 is 38.8 Å². The molecule has 4 heteroatoms. The van der Waals surface area contributed by atoms with Crippen LogP contribution in [0.1, 0.15) is 0 Å². The first-order chi connectivity index (χ1) is 8.24. The van der Waals surface area contributed by atoms with Crippen LogP contribution in [0.4, 0.5) is 5.69 Å². The largest absolute Gasteiger partial charge is 0.398 e. The van der Waals surface area contributed by atoms with Crippen molar-refractivity contribution in [1.29, 1.82) is 0 Å². The summed E-state index contributed by atoms with van der Waals surface area (Å²) in [5, 5.41) is 1.66. The zero-order valence-corrected chi connectivity index (χ0v) is 10.4. The molecular formula is C13H9ClN2S. The number of nitrogen functional groups attached to an aromatic ring is 1. The summed E-state index contributed by atoms with van der Waals surface area (Å²) >= 11 is 7.57. The van der Waals surface area contributed by atoms with Gasteiger partial charge in [-0.1, -0.05) is 29.8 Å². The number of hydrogen-bond donors (Lipinski definition) is 1. The van der Waals surface area contributed by atoms with Crippen LogP contribution in [0.3, 0.4) is 0 Å². The molecule has 2 N–H and O–H groups in total. The molecule has 0 fully saturated rings. The number of halogens is 1. The first kappa shape index (κ1) is 10.6. The van der Waals surface area contributed by atoms with Crippen molar-refractivity contribution in [1.82, 2.24) is 4.98 Å². The van der Waals surface area contributed by atoms with Crippen LogP contribution in [0, 0.1) is 0 Å². The van der Waals surface area contributed by atoms with Gasteiger partial charge in [0.15, 0.2) is 0 Å². The number of nitrogens with two attached hydrogens (primary N) is 1. The molecule has 1 heterocycles. The highest BCUT2D eigenvalue weighted by Crippen LogP contribution is 2.33. The second-order valence-electron chi connectivity index (χ2n) is 3.72. The summed E-state index contributed by atoms with van der Waals surface area (Å²) in [5.74, 6) is 0. The SMILES string of the molecule is Nc1cccc2nc(-c3cccc(Cl)c3)sc12. The van der Waals surface area contributed by atoms with E-state index in [-0.39, 0.29) is 0 Å². The molecule has 0 aliphatic rings. The molecule has 3 aromatic rings. The molecule has 0 bridgehead atoms. The van der Waals surface area contributed by atoms with Crippen LogP contribution in [0.25, 0.3) is 20.8 Å². The minimum atomic E-state index is 0.717. The van der Waals surface area contributed by atoms with Gasteiger partial charge in [-0.25, -0.2) is 4.98 Å². The fourth-order valence-corrected chi connectivity index (χ4v) is 2.89. The van der Waals surface area contributed by atoms with Gasteiger partial charge in [-0.05, 0) is 24.3 Å². The van der Waals surface area contributed by atoms with Crippen molar-refractivity contribution in [2.45, 2.75) is 0 Å². The van der Waals surface area contributed by atoms with Crippen molar-refractivity contribution in [3.63, 3.8) is 0 Å². The smallest absolute Gasteiger partial charge is 0.124 e. The van der Waals surface area contributed by atoms with Crippen molar-refractivity contribution in [2.75, 3.05) is 5.73 Å². The van der Waals surface area contributed by atoms with Gasteiger partial charge in [0, 0.05) is 10.6 Å². The standard InChI is InChI=1S/C13H9ClN2S/c14-9-4-1-3-8(7-9)13-16-11-6-2-5-10(15)12(11)17-13/h1-7H,15H2. The minimum Gasteiger partial charge on any atom is -0.398 e. The van der Waals surface area contributed by atoms with Gasteiger partial charge in [-0.3, -0.25) is 0 Å². The number of hydrogen-bond acceptors (Lipinski definition) is 3. The third-order valence-corrected chi connectivity index (χ3v) is 3.92. The molecule has 0 saturated heterocycles. The zero-order valence-electron chi connectivity index (χ0n) is 8.85. The summed E-state index contributed by atoms with van der Waals surface area (Å²) in [6.45, 7) is 0. The summed E-state index contributed by atoms with van der Waals surface area (Å²) in [4.78, 5) is 4.56. The van der Waals surface area contributed by atoms with Gasteiger partial charge in [-0.15, -0.1) is 11.3 Å². The van der Waals surface area contributed by atoms with Gasteiger partial charge in [0.2, 0.25) is 0 Å². The van der Waals surface area contributed by atoms with Crippen molar-refractivity contribution in [2.24, 2.45) is 0 Å². The molecular weight excluding hydrogens is 252 g/mol. The van der Waals surface area contributed by atoms with Crippen molar-refractivity contribution < 1.29 is 0 Å². The topological polar surface area (TPSA) is 38.9 Å². The van der Waals surface area contributed by atoms with Crippen LogP contribution >= 0.6 is 22.9 Å². The Bertz CT molecular complexity index is 691. The first-order valence-electron chi connectivity index (χ1n) is 5.15. The number of nitrogens with zero attached hydrogens (tertiary/aromatic N) is 1. The number of thiazole rings is 1. The quantitative estimate of drug-likeness (QED) is 0.666. The Kier molecular flexibility index (Phi) is 2.50. The lowest BCUT2D eigenvalue weighted by Gasteiger charge is -1.95. The molecule has 0 atom stereocenters. The molecule has 2 nitrogen and oxygen atoms in total. The predicted molar refractivity (Wildman–Crippen MR) is 74.5 cm³/mol. The summed E-state index contributed by atoms with van der Waals surface area (Å²) in [5.41, 5.74) is 8.65. The van der Waals surface area contributed by atoms with E-state index < -0.39 is 0 Å². The van der Waals surface area contributed by atoms with Crippen LogP contribution in [0.5, 0.6) is 0 Å². The van der Waals surface area contributed by atoms with E-state index in [1.807, 2.05) is 42.5 Å². The van der Waals surface area contributed by atoms with Crippen LogP contribution < -0.4 is 5.73 Å². The van der Waals surface area contributed by atoms with E-state index in [9.17, 15) is 0 Å². The molecule has 17 heavy (non-hydrogen) atoms. The number of benzene rings is 2. The molecule has 0 spiro atoms. The van der Waals surface area contributed by atoms with Gasteiger partial charge < -0.3 is 5.73 Å². The fourth-order valence-electron chi connectivity index (χ4n) is 1.72. The van der Waals surface area contributed by atoms with E-state index in [0.29, 0.717) is 0 Å². The van der Waals surface area contributed by atoms with Crippen molar-refractivity contribution in [3.8, 4) is 10.6 Å². The molecule has 0 aliphatic carbocycles. The molecule has 0 amide bonds. The van der Waals surface area contributed by atoms with Crippen LogP contribution in [-0.4, -0.2) is 4.98 Å². The van der Waals surface area contributed by atoms with Crippen LogP contribution in [0.15, 0.2) is 42.5 Å². The Labute approximate surface area is 108 Å². The molecule has 0 unspecified atom stereocenters. The Morgan fingerprint density at radius 1 is 1.12 bits per heavy atom. The van der Waals surface area contributed by atoms with E-state index in [0.717, 1.165) is 31.5 Å². The number of fused-ring (bicyclic) bond motifs is 1. The number of aromatic nitrogens is 1. The maximum absolute atomic E-state index is 5.98. The van der Waals surface area contributed by atoms with Crippen LogP contribution in [0.2, 0.25) is 5.02 Å². The maximum Gasteiger partial charge on any atom is 0.124 e. The fraction of sp³-hybridized carbons (Fsp3) is 0. The second kappa shape index (κ2) is 4.02. The lowest BCUT2D eigenvalue weighted by atomic mass is 10.2. The molecule has 2 aromatic carbocycles.